The Morgan fingerprint density at radius 3 is 2.44 bits per heavy atom. The van der Waals surface area contributed by atoms with E-state index < -0.39 is 0 Å². The lowest BCUT2D eigenvalue weighted by Gasteiger charge is -2.39. The Hall–Kier alpha value is -1.35. The van der Waals surface area contributed by atoms with Crippen molar-refractivity contribution in [2.75, 3.05) is 5.32 Å². The first-order chi connectivity index (χ1) is 12.5. The van der Waals surface area contributed by atoms with E-state index in [1.165, 1.54) is 18.4 Å². The van der Waals surface area contributed by atoms with Gasteiger partial charge in [-0.2, -0.15) is 0 Å². The molecule has 27 heavy (non-hydrogen) atoms. The van der Waals surface area contributed by atoms with Crippen LogP contribution in [0.3, 0.4) is 0 Å². The molecular weight excluding hydrogens is 332 g/mol. The lowest BCUT2D eigenvalue weighted by Crippen LogP contribution is -2.52. The Labute approximate surface area is 166 Å². The van der Waals surface area contributed by atoms with Crippen molar-refractivity contribution in [1.82, 2.24) is 5.32 Å². The molecule has 2 unspecified atom stereocenters. The third kappa shape index (κ3) is 6.64. The van der Waals surface area contributed by atoms with Crippen LogP contribution in [0.2, 0.25) is 0 Å². The van der Waals surface area contributed by atoms with E-state index >= 15 is 0 Å². The van der Waals surface area contributed by atoms with E-state index in [0.717, 1.165) is 24.9 Å². The van der Waals surface area contributed by atoms with Gasteiger partial charge in [0.05, 0.1) is 5.92 Å². The van der Waals surface area contributed by atoms with Crippen molar-refractivity contribution in [3.05, 3.63) is 29.8 Å². The van der Waals surface area contributed by atoms with Gasteiger partial charge in [0.25, 0.3) is 0 Å². The molecule has 0 saturated carbocycles. The van der Waals surface area contributed by atoms with Gasteiger partial charge in [-0.15, -0.1) is 0 Å². The fraction of sp³-hybridized carbons (Fsp3) is 0.708. The molecule has 1 aromatic carbocycles. The number of nitrogens with one attached hydrogen (secondary N) is 2. The van der Waals surface area contributed by atoms with Crippen LogP contribution in [-0.4, -0.2) is 18.0 Å². The Bertz CT molecular complexity index is 624. The molecule has 1 aromatic rings. The molecule has 2 rings (SSSR count). The predicted molar refractivity (Wildman–Crippen MR) is 116 cm³/mol. The van der Waals surface area contributed by atoms with Crippen molar-refractivity contribution in [3.63, 3.8) is 0 Å². The highest BCUT2D eigenvalue weighted by molar-refractivity contribution is 5.93. The van der Waals surface area contributed by atoms with E-state index in [-0.39, 0.29) is 28.7 Å². The second kappa shape index (κ2) is 8.77. The number of hydrogen-bond donors (Lipinski definition) is 2. The molecule has 1 fully saturated rings. The standard InChI is InChI=1S/C24H40N2O/c1-8-10-18-13-14-20(21(25-18)16-23(2,3)4)22(27)26-19-12-9-11-17(15-19)24(5,6)7/h9,11-12,15,18,20-21,25H,8,10,13-14,16H2,1-7H3,(H,26,27)/t18?,20?,21-/m0/s1. The van der Waals surface area contributed by atoms with Crippen LogP contribution in [0.5, 0.6) is 0 Å². The number of benzene rings is 1. The van der Waals surface area contributed by atoms with E-state index in [4.69, 9.17) is 0 Å². The van der Waals surface area contributed by atoms with Gasteiger partial charge in [-0.25, -0.2) is 0 Å². The molecule has 0 aromatic heterocycles. The zero-order valence-corrected chi connectivity index (χ0v) is 18.5. The minimum absolute atomic E-state index is 0.0376. The molecule has 0 bridgehead atoms. The lowest BCUT2D eigenvalue weighted by atomic mass is 9.77. The smallest absolute Gasteiger partial charge is 0.229 e. The third-order valence-corrected chi connectivity index (χ3v) is 5.56. The maximum atomic E-state index is 13.1. The molecule has 1 aliphatic heterocycles. The molecule has 1 heterocycles. The average Bonchev–Trinajstić information content (AvgIpc) is 2.53. The van der Waals surface area contributed by atoms with E-state index in [2.05, 4.69) is 71.2 Å². The molecular formula is C24H40N2O. The number of piperidine rings is 1. The molecule has 3 nitrogen and oxygen atoms in total. The van der Waals surface area contributed by atoms with Crippen molar-refractivity contribution < 1.29 is 4.79 Å². The van der Waals surface area contributed by atoms with Crippen LogP contribution in [0.15, 0.2) is 24.3 Å². The number of hydrogen-bond acceptors (Lipinski definition) is 2. The Kier molecular flexibility index (Phi) is 7.13. The third-order valence-electron chi connectivity index (χ3n) is 5.56. The molecule has 0 aliphatic carbocycles. The molecule has 0 radical (unpaired) electrons. The first kappa shape index (κ1) is 21.9. The van der Waals surface area contributed by atoms with Crippen molar-refractivity contribution >= 4 is 11.6 Å². The van der Waals surface area contributed by atoms with Gasteiger partial charge in [-0.1, -0.05) is 67.0 Å². The average molecular weight is 373 g/mol. The number of carbonyl (C=O) groups is 1. The van der Waals surface area contributed by atoms with Crippen LogP contribution < -0.4 is 10.6 Å². The minimum atomic E-state index is 0.0376. The Morgan fingerprint density at radius 2 is 1.85 bits per heavy atom. The summed E-state index contributed by atoms with van der Waals surface area (Å²) in [6.45, 7) is 15.6. The maximum absolute atomic E-state index is 13.1. The molecule has 1 amide bonds. The summed E-state index contributed by atoms with van der Waals surface area (Å²) in [6, 6.07) is 9.10. The van der Waals surface area contributed by atoms with Crippen LogP contribution in [0.4, 0.5) is 5.69 Å². The lowest BCUT2D eigenvalue weighted by molar-refractivity contribution is -0.122. The highest BCUT2D eigenvalue weighted by Crippen LogP contribution is 2.32. The number of carbonyl (C=O) groups excluding carboxylic acids is 1. The normalized spacial score (nSPS) is 23.9. The summed E-state index contributed by atoms with van der Waals surface area (Å²) in [5.41, 5.74) is 2.44. The van der Waals surface area contributed by atoms with Crippen LogP contribution in [0.25, 0.3) is 0 Å². The maximum Gasteiger partial charge on any atom is 0.229 e. The quantitative estimate of drug-likeness (QED) is 0.676. The predicted octanol–water partition coefficient (Wildman–Crippen LogP) is 5.90. The van der Waals surface area contributed by atoms with Crippen LogP contribution in [0.1, 0.15) is 86.1 Å². The minimum Gasteiger partial charge on any atom is -0.326 e. The van der Waals surface area contributed by atoms with E-state index in [9.17, 15) is 4.79 Å². The van der Waals surface area contributed by atoms with Gasteiger partial charge in [0.2, 0.25) is 5.91 Å². The van der Waals surface area contributed by atoms with Gasteiger partial charge in [0.1, 0.15) is 0 Å². The van der Waals surface area contributed by atoms with Crippen molar-refractivity contribution in [1.29, 1.82) is 0 Å². The summed E-state index contributed by atoms with van der Waals surface area (Å²) in [4.78, 5) is 13.1. The largest absolute Gasteiger partial charge is 0.326 e. The topological polar surface area (TPSA) is 41.1 Å². The van der Waals surface area contributed by atoms with Crippen molar-refractivity contribution in [2.24, 2.45) is 11.3 Å². The van der Waals surface area contributed by atoms with Gasteiger partial charge in [0, 0.05) is 17.8 Å². The second-order valence-electron chi connectivity index (χ2n) is 10.5. The second-order valence-corrected chi connectivity index (χ2v) is 10.5. The number of anilines is 1. The van der Waals surface area contributed by atoms with Crippen molar-refractivity contribution in [3.8, 4) is 0 Å². The van der Waals surface area contributed by atoms with Crippen LogP contribution in [-0.2, 0) is 10.2 Å². The molecule has 1 saturated heterocycles. The summed E-state index contributed by atoms with van der Waals surface area (Å²) >= 11 is 0. The summed E-state index contributed by atoms with van der Waals surface area (Å²) < 4.78 is 0. The number of rotatable bonds is 5. The zero-order chi connectivity index (χ0) is 20.2. The highest BCUT2D eigenvalue weighted by atomic mass is 16.1. The molecule has 1 aliphatic rings. The van der Waals surface area contributed by atoms with Crippen molar-refractivity contribution in [2.45, 2.75) is 98.1 Å². The molecule has 3 atom stereocenters. The van der Waals surface area contributed by atoms with Gasteiger partial charge < -0.3 is 10.6 Å². The summed E-state index contributed by atoms with van der Waals surface area (Å²) in [5, 5.41) is 7.01. The molecule has 3 heteroatoms. The first-order valence-electron chi connectivity index (χ1n) is 10.7. The van der Waals surface area contributed by atoms with Crippen LogP contribution in [0, 0.1) is 11.3 Å². The highest BCUT2D eigenvalue weighted by Gasteiger charge is 2.36. The molecule has 152 valence electrons. The Morgan fingerprint density at radius 1 is 1.15 bits per heavy atom. The van der Waals surface area contributed by atoms with E-state index in [0.29, 0.717) is 6.04 Å². The Balaban J connectivity index is 2.12. The molecule has 0 spiro atoms. The van der Waals surface area contributed by atoms with Gasteiger partial charge in [0.15, 0.2) is 0 Å². The number of amides is 1. The van der Waals surface area contributed by atoms with E-state index in [1.807, 2.05) is 12.1 Å². The van der Waals surface area contributed by atoms with Gasteiger partial charge in [-0.05, 0) is 54.2 Å². The first-order valence-corrected chi connectivity index (χ1v) is 10.7. The van der Waals surface area contributed by atoms with Gasteiger partial charge >= 0.3 is 0 Å². The summed E-state index contributed by atoms with van der Waals surface area (Å²) in [6.07, 6.45) is 5.48. The SMILES string of the molecule is CCCC1CCC(C(=O)Nc2cccc(C(C)(C)C)c2)[C@H](CC(C)(C)C)N1. The molecule has 2 N–H and O–H groups in total. The summed E-state index contributed by atoms with van der Waals surface area (Å²) in [5.74, 6) is 0.202. The fourth-order valence-corrected chi connectivity index (χ4v) is 4.13. The fourth-order valence-electron chi connectivity index (χ4n) is 4.13. The van der Waals surface area contributed by atoms with E-state index in [1.54, 1.807) is 0 Å². The monoisotopic (exact) mass is 372 g/mol. The summed E-state index contributed by atoms with van der Waals surface area (Å²) in [7, 11) is 0. The zero-order valence-electron chi connectivity index (χ0n) is 18.5. The van der Waals surface area contributed by atoms with Gasteiger partial charge in [-0.3, -0.25) is 4.79 Å². The van der Waals surface area contributed by atoms with Crippen LogP contribution >= 0.6 is 0 Å².